The SMILES string of the molecule is Cc1ccc(/C=C2\N=C(c3c(-c4c(Cl)cccc4Cl)noc3C)OC2=O)cc1. The Morgan fingerprint density at radius 1 is 0.964 bits per heavy atom. The van der Waals surface area contributed by atoms with E-state index in [0.717, 1.165) is 11.1 Å². The zero-order valence-electron chi connectivity index (χ0n) is 15.0. The molecule has 2 heterocycles. The molecule has 1 aromatic heterocycles. The quantitative estimate of drug-likeness (QED) is 0.414. The van der Waals surface area contributed by atoms with Gasteiger partial charge in [0, 0.05) is 5.56 Å². The van der Waals surface area contributed by atoms with Gasteiger partial charge in [-0.15, -0.1) is 0 Å². The van der Waals surface area contributed by atoms with Gasteiger partial charge in [-0.2, -0.15) is 0 Å². The molecule has 0 atom stereocenters. The monoisotopic (exact) mass is 412 g/mol. The van der Waals surface area contributed by atoms with Gasteiger partial charge >= 0.3 is 5.97 Å². The summed E-state index contributed by atoms with van der Waals surface area (Å²) in [4.78, 5) is 16.7. The number of aryl methyl sites for hydroxylation is 2. The summed E-state index contributed by atoms with van der Waals surface area (Å²) in [6.45, 7) is 3.70. The lowest BCUT2D eigenvalue weighted by Crippen LogP contribution is -2.07. The number of carbonyl (C=O) groups is 1. The summed E-state index contributed by atoms with van der Waals surface area (Å²) < 4.78 is 10.7. The molecule has 5 nitrogen and oxygen atoms in total. The molecule has 140 valence electrons. The number of benzene rings is 2. The molecule has 1 aliphatic heterocycles. The van der Waals surface area contributed by atoms with Crippen LogP contribution in [0.3, 0.4) is 0 Å². The second kappa shape index (κ2) is 7.26. The summed E-state index contributed by atoms with van der Waals surface area (Å²) in [6, 6.07) is 12.9. The average molecular weight is 413 g/mol. The minimum absolute atomic E-state index is 0.105. The van der Waals surface area contributed by atoms with E-state index in [0.29, 0.717) is 32.6 Å². The van der Waals surface area contributed by atoms with Crippen molar-refractivity contribution in [2.45, 2.75) is 13.8 Å². The molecule has 0 saturated heterocycles. The van der Waals surface area contributed by atoms with Crippen molar-refractivity contribution in [1.29, 1.82) is 0 Å². The lowest BCUT2D eigenvalue weighted by molar-refractivity contribution is -0.129. The molecule has 0 unspecified atom stereocenters. The van der Waals surface area contributed by atoms with Crippen LogP contribution >= 0.6 is 23.2 Å². The Kier molecular flexibility index (Phi) is 4.79. The minimum atomic E-state index is -0.549. The van der Waals surface area contributed by atoms with Crippen molar-refractivity contribution >= 4 is 41.1 Å². The number of esters is 1. The third-order valence-electron chi connectivity index (χ3n) is 4.28. The fraction of sp³-hybridized carbons (Fsp3) is 0.0952. The molecule has 0 aliphatic carbocycles. The lowest BCUT2D eigenvalue weighted by Gasteiger charge is -2.05. The van der Waals surface area contributed by atoms with Gasteiger partial charge in [-0.1, -0.05) is 64.3 Å². The summed E-state index contributed by atoms with van der Waals surface area (Å²) >= 11 is 12.6. The summed E-state index contributed by atoms with van der Waals surface area (Å²) in [5, 5.41) is 4.87. The highest BCUT2D eigenvalue weighted by atomic mass is 35.5. The number of hydrogen-bond donors (Lipinski definition) is 0. The Morgan fingerprint density at radius 3 is 2.32 bits per heavy atom. The molecule has 1 aliphatic rings. The van der Waals surface area contributed by atoms with E-state index in [4.69, 9.17) is 32.5 Å². The van der Waals surface area contributed by atoms with Crippen LogP contribution in [0.1, 0.15) is 22.5 Å². The van der Waals surface area contributed by atoms with E-state index in [9.17, 15) is 4.79 Å². The average Bonchev–Trinajstić information content (AvgIpc) is 3.20. The third kappa shape index (κ3) is 3.35. The molecule has 0 N–H and O–H groups in total. The smallest absolute Gasteiger partial charge is 0.363 e. The maximum absolute atomic E-state index is 12.3. The van der Waals surface area contributed by atoms with Crippen LogP contribution in [0.15, 0.2) is 57.7 Å². The summed E-state index contributed by atoms with van der Waals surface area (Å²) in [5.74, 6) is -0.00500. The van der Waals surface area contributed by atoms with Crippen LogP contribution in [0.25, 0.3) is 17.3 Å². The van der Waals surface area contributed by atoms with Crippen molar-refractivity contribution in [2.75, 3.05) is 0 Å². The summed E-state index contributed by atoms with van der Waals surface area (Å²) in [5.41, 5.74) is 3.47. The molecule has 7 heteroatoms. The largest absolute Gasteiger partial charge is 0.402 e. The maximum Gasteiger partial charge on any atom is 0.363 e. The number of ether oxygens (including phenoxy) is 1. The summed E-state index contributed by atoms with van der Waals surface area (Å²) in [6.07, 6.45) is 1.67. The highest BCUT2D eigenvalue weighted by molar-refractivity contribution is 6.39. The highest BCUT2D eigenvalue weighted by Crippen LogP contribution is 2.38. The van der Waals surface area contributed by atoms with E-state index in [-0.39, 0.29) is 11.6 Å². The van der Waals surface area contributed by atoms with Crippen molar-refractivity contribution in [2.24, 2.45) is 4.99 Å². The molecule has 0 bridgehead atoms. The van der Waals surface area contributed by atoms with E-state index >= 15 is 0 Å². The number of cyclic esters (lactones) is 1. The number of aromatic nitrogens is 1. The van der Waals surface area contributed by atoms with Crippen LogP contribution in [0.4, 0.5) is 0 Å². The van der Waals surface area contributed by atoms with Gasteiger partial charge in [0.15, 0.2) is 5.70 Å². The molecular formula is C21H14Cl2N2O3. The predicted octanol–water partition coefficient (Wildman–Crippen LogP) is 5.61. The first-order valence-corrected chi connectivity index (χ1v) is 9.20. The second-order valence-corrected chi connectivity index (χ2v) is 7.12. The van der Waals surface area contributed by atoms with E-state index < -0.39 is 5.97 Å². The first-order valence-electron chi connectivity index (χ1n) is 8.44. The first kappa shape index (κ1) is 18.5. The Balaban J connectivity index is 1.79. The number of aliphatic imine (C=N–C) groups is 1. The van der Waals surface area contributed by atoms with Crippen molar-refractivity contribution in [3.63, 3.8) is 0 Å². The number of rotatable bonds is 3. The molecule has 4 rings (SSSR count). The van der Waals surface area contributed by atoms with Crippen molar-refractivity contribution < 1.29 is 14.1 Å². The third-order valence-corrected chi connectivity index (χ3v) is 4.91. The molecule has 0 spiro atoms. The fourth-order valence-corrected chi connectivity index (χ4v) is 3.43. The van der Waals surface area contributed by atoms with Crippen LogP contribution in [-0.4, -0.2) is 17.0 Å². The van der Waals surface area contributed by atoms with Crippen LogP contribution < -0.4 is 0 Å². The Labute approximate surface area is 171 Å². The van der Waals surface area contributed by atoms with Crippen LogP contribution in [0, 0.1) is 13.8 Å². The Bertz CT molecular complexity index is 1120. The fourth-order valence-electron chi connectivity index (χ4n) is 2.86. The van der Waals surface area contributed by atoms with Crippen molar-refractivity contribution in [3.8, 4) is 11.3 Å². The van der Waals surface area contributed by atoms with Gasteiger partial charge in [0.25, 0.3) is 0 Å². The van der Waals surface area contributed by atoms with Gasteiger partial charge in [-0.05, 0) is 37.6 Å². The number of halogens is 2. The summed E-state index contributed by atoms with van der Waals surface area (Å²) in [7, 11) is 0. The predicted molar refractivity (Wildman–Crippen MR) is 108 cm³/mol. The first-order chi connectivity index (χ1) is 13.4. The topological polar surface area (TPSA) is 64.7 Å². The molecule has 28 heavy (non-hydrogen) atoms. The molecule has 0 radical (unpaired) electrons. The van der Waals surface area contributed by atoms with Gasteiger partial charge in [0.2, 0.25) is 5.90 Å². The normalized spacial score (nSPS) is 15.1. The van der Waals surface area contributed by atoms with E-state index in [2.05, 4.69) is 10.1 Å². The zero-order chi connectivity index (χ0) is 19.8. The van der Waals surface area contributed by atoms with Crippen LogP contribution in [0.5, 0.6) is 0 Å². The molecule has 0 fully saturated rings. The maximum atomic E-state index is 12.3. The molecule has 0 amide bonds. The second-order valence-electron chi connectivity index (χ2n) is 6.31. The number of nitrogens with zero attached hydrogens (tertiary/aromatic N) is 2. The van der Waals surface area contributed by atoms with Gasteiger partial charge in [-0.3, -0.25) is 0 Å². The van der Waals surface area contributed by atoms with Crippen LogP contribution in [-0.2, 0) is 9.53 Å². The van der Waals surface area contributed by atoms with Gasteiger partial charge in [0.1, 0.15) is 17.0 Å². The van der Waals surface area contributed by atoms with Crippen LogP contribution in [0.2, 0.25) is 10.0 Å². The van der Waals surface area contributed by atoms with E-state index in [1.807, 2.05) is 31.2 Å². The minimum Gasteiger partial charge on any atom is -0.402 e. The molecule has 2 aromatic carbocycles. The highest BCUT2D eigenvalue weighted by Gasteiger charge is 2.31. The number of carbonyl (C=O) groups excluding carboxylic acids is 1. The molecular weight excluding hydrogens is 399 g/mol. The Morgan fingerprint density at radius 2 is 1.64 bits per heavy atom. The molecule has 0 saturated carbocycles. The van der Waals surface area contributed by atoms with E-state index in [1.165, 1.54) is 0 Å². The van der Waals surface area contributed by atoms with Crippen molar-refractivity contribution in [1.82, 2.24) is 5.16 Å². The Hall–Kier alpha value is -2.89. The van der Waals surface area contributed by atoms with Gasteiger partial charge < -0.3 is 9.26 Å². The van der Waals surface area contributed by atoms with E-state index in [1.54, 1.807) is 31.2 Å². The standard InChI is InChI=1S/C21H14Cl2N2O3/c1-11-6-8-13(9-7-11)10-16-21(26)27-20(24-16)17-12(2)28-25-19(17)18-14(22)4-3-5-15(18)23/h3-10H,1-2H3/b16-10-. The molecule has 3 aromatic rings. The van der Waals surface area contributed by atoms with Gasteiger partial charge in [-0.25, -0.2) is 9.79 Å². The lowest BCUT2D eigenvalue weighted by atomic mass is 10.1. The van der Waals surface area contributed by atoms with Gasteiger partial charge in [0.05, 0.1) is 10.0 Å². The number of hydrogen-bond acceptors (Lipinski definition) is 5. The zero-order valence-corrected chi connectivity index (χ0v) is 16.5. The van der Waals surface area contributed by atoms with Crippen molar-refractivity contribution in [3.05, 3.63) is 80.7 Å².